The maximum atomic E-state index is 10.8. The van der Waals surface area contributed by atoms with E-state index in [4.69, 9.17) is 4.43 Å². The van der Waals surface area contributed by atoms with Gasteiger partial charge in [0.25, 0.3) is 14.0 Å². The number of hydrogen-bond acceptors (Lipinski definition) is 5. The van der Waals surface area contributed by atoms with Crippen molar-refractivity contribution in [2.75, 3.05) is 0 Å². The topological polar surface area (TPSA) is 81.8 Å². The zero-order valence-corrected chi connectivity index (χ0v) is 13.3. The number of isocyanates is 1. The number of carbonyl (C=O) groups excluding carboxylic acids is 1. The fourth-order valence-corrected chi connectivity index (χ4v) is 2.29. The van der Waals surface area contributed by atoms with Gasteiger partial charge in [-0.25, -0.2) is 4.79 Å². The minimum absolute atomic E-state index is 0.0697. The molecule has 108 valence electrons. The molecule has 0 aliphatic rings. The number of nitrogens with zero attached hydrogens (tertiary/aromatic N) is 2. The number of benzene rings is 1. The highest BCUT2D eigenvalue weighted by Gasteiger charge is 2.39. The molecule has 1 aromatic rings. The molecule has 0 atom stereocenters. The summed E-state index contributed by atoms with van der Waals surface area (Å²) in [6, 6.07) is 3.98. The maximum Gasteiger partial charge on any atom is 0.273 e. The number of non-ortho nitro benzene ring substituents is 1. The second kappa shape index (κ2) is 5.56. The average Bonchev–Trinajstić information content (AvgIpc) is 2.29. The molecule has 20 heavy (non-hydrogen) atoms. The summed E-state index contributed by atoms with van der Waals surface area (Å²) in [7, 11) is -2.18. The van der Waals surface area contributed by atoms with Crippen LogP contribution in [-0.4, -0.2) is 19.3 Å². The second-order valence-electron chi connectivity index (χ2n) is 5.97. The van der Waals surface area contributed by atoms with Gasteiger partial charge in [-0.15, -0.1) is 0 Å². The van der Waals surface area contributed by atoms with Crippen LogP contribution < -0.4 is 4.43 Å². The van der Waals surface area contributed by atoms with Gasteiger partial charge in [0.05, 0.1) is 11.0 Å². The van der Waals surface area contributed by atoms with E-state index < -0.39 is 13.2 Å². The van der Waals surface area contributed by atoms with Gasteiger partial charge in [0.15, 0.2) is 0 Å². The van der Waals surface area contributed by atoms with Crippen LogP contribution in [0.3, 0.4) is 0 Å². The van der Waals surface area contributed by atoms with Crippen molar-refractivity contribution in [3.8, 4) is 5.75 Å². The molecule has 0 saturated carbocycles. The highest BCUT2D eigenvalue weighted by Crippen LogP contribution is 2.41. The molecule has 1 rings (SSSR count). The van der Waals surface area contributed by atoms with Crippen LogP contribution in [0.5, 0.6) is 5.75 Å². The fraction of sp³-hybridized carbons (Fsp3) is 0.462. The first-order valence-electron chi connectivity index (χ1n) is 6.14. The van der Waals surface area contributed by atoms with Gasteiger partial charge in [-0.05, 0) is 24.2 Å². The Morgan fingerprint density at radius 1 is 1.35 bits per heavy atom. The van der Waals surface area contributed by atoms with Gasteiger partial charge in [-0.1, -0.05) is 20.8 Å². The zero-order chi connectivity index (χ0) is 15.6. The Balaban J connectivity index is 3.30. The summed E-state index contributed by atoms with van der Waals surface area (Å²) < 4.78 is 6.00. The highest BCUT2D eigenvalue weighted by atomic mass is 28.4. The molecule has 0 heterocycles. The third kappa shape index (κ3) is 3.52. The van der Waals surface area contributed by atoms with E-state index >= 15 is 0 Å². The first-order valence-corrected chi connectivity index (χ1v) is 9.04. The lowest BCUT2D eigenvalue weighted by molar-refractivity contribution is -0.384. The summed E-state index contributed by atoms with van der Waals surface area (Å²) in [5.74, 6) is 0.258. The minimum atomic E-state index is -2.18. The molecule has 0 fully saturated rings. The lowest BCUT2D eigenvalue weighted by atomic mass is 10.2. The molecular weight excluding hydrogens is 276 g/mol. The molecule has 7 heteroatoms. The Morgan fingerprint density at radius 3 is 2.40 bits per heavy atom. The van der Waals surface area contributed by atoms with Gasteiger partial charge in [0, 0.05) is 6.07 Å². The molecule has 0 aliphatic carbocycles. The minimum Gasteiger partial charge on any atom is -0.542 e. The van der Waals surface area contributed by atoms with Crippen molar-refractivity contribution in [3.63, 3.8) is 0 Å². The van der Waals surface area contributed by atoms with Crippen LogP contribution >= 0.6 is 0 Å². The van der Waals surface area contributed by atoms with E-state index in [1.807, 2.05) is 13.1 Å². The zero-order valence-electron chi connectivity index (χ0n) is 12.3. The Labute approximate surface area is 118 Å². The average molecular weight is 294 g/mol. The molecule has 0 unspecified atom stereocenters. The standard InChI is InChI=1S/C13H18N2O4Si/c1-13(2,3)20(4,5)19-12-8-10(15(17)18)6-7-11(12)14-9-16/h6-8H,1-5H3. The highest BCUT2D eigenvalue weighted by molar-refractivity contribution is 6.74. The summed E-state index contributed by atoms with van der Waals surface area (Å²) in [5, 5.41) is 10.8. The number of rotatable bonds is 4. The van der Waals surface area contributed by atoms with Gasteiger partial charge in [0.2, 0.25) is 6.08 Å². The molecule has 0 radical (unpaired) electrons. The van der Waals surface area contributed by atoms with E-state index in [2.05, 4.69) is 25.8 Å². The molecule has 0 aliphatic heterocycles. The van der Waals surface area contributed by atoms with Gasteiger partial charge in [-0.2, -0.15) is 4.99 Å². The third-order valence-corrected chi connectivity index (χ3v) is 7.83. The van der Waals surface area contributed by atoms with Gasteiger partial charge in [0.1, 0.15) is 11.4 Å². The molecule has 0 amide bonds. The van der Waals surface area contributed by atoms with Gasteiger partial charge >= 0.3 is 0 Å². The Morgan fingerprint density at radius 2 is 1.95 bits per heavy atom. The molecular formula is C13H18N2O4Si. The lowest BCUT2D eigenvalue weighted by Gasteiger charge is -2.36. The number of aliphatic imine (C=N–C) groups is 1. The van der Waals surface area contributed by atoms with E-state index in [-0.39, 0.29) is 22.2 Å². The Hall–Kier alpha value is -1.98. The van der Waals surface area contributed by atoms with E-state index in [1.54, 1.807) is 0 Å². The third-order valence-electron chi connectivity index (χ3n) is 3.49. The van der Waals surface area contributed by atoms with Crippen LogP contribution in [0.1, 0.15) is 20.8 Å². The summed E-state index contributed by atoms with van der Waals surface area (Å²) in [6.45, 7) is 10.2. The SMILES string of the molecule is CC(C)(C)[Si](C)(C)Oc1cc([N+](=O)[O-])ccc1N=C=O. The maximum absolute atomic E-state index is 10.8. The summed E-state index contributed by atoms with van der Waals surface area (Å²) in [4.78, 5) is 24.3. The van der Waals surface area contributed by atoms with Crippen LogP contribution in [0.2, 0.25) is 18.1 Å². The van der Waals surface area contributed by atoms with E-state index in [0.717, 1.165) is 0 Å². The number of nitro benzene ring substituents is 1. The normalized spacial score (nSPS) is 11.7. The molecule has 1 aromatic carbocycles. The van der Waals surface area contributed by atoms with Crippen molar-refractivity contribution in [1.29, 1.82) is 0 Å². The van der Waals surface area contributed by atoms with Crippen molar-refractivity contribution in [2.24, 2.45) is 4.99 Å². The summed E-state index contributed by atoms with van der Waals surface area (Å²) >= 11 is 0. The second-order valence-corrected chi connectivity index (χ2v) is 10.7. The summed E-state index contributed by atoms with van der Waals surface area (Å²) in [5.41, 5.74) is 0.166. The lowest BCUT2D eigenvalue weighted by Crippen LogP contribution is -2.43. The molecule has 6 nitrogen and oxygen atoms in total. The fourth-order valence-electron chi connectivity index (χ4n) is 1.27. The molecule has 0 saturated heterocycles. The quantitative estimate of drug-likeness (QED) is 0.277. The first kappa shape index (κ1) is 16.1. The molecule has 0 aromatic heterocycles. The van der Waals surface area contributed by atoms with E-state index in [0.29, 0.717) is 0 Å². The van der Waals surface area contributed by atoms with Crippen molar-refractivity contribution in [2.45, 2.75) is 38.9 Å². The van der Waals surface area contributed by atoms with Gasteiger partial charge in [-0.3, -0.25) is 10.1 Å². The molecule has 0 N–H and O–H groups in total. The van der Waals surface area contributed by atoms with Crippen LogP contribution in [0.15, 0.2) is 23.2 Å². The Kier molecular flexibility index (Phi) is 4.47. The predicted octanol–water partition coefficient (Wildman–Crippen LogP) is 3.95. The van der Waals surface area contributed by atoms with Crippen LogP contribution in [0.25, 0.3) is 0 Å². The molecule has 0 bridgehead atoms. The van der Waals surface area contributed by atoms with Crippen molar-refractivity contribution < 1.29 is 14.1 Å². The van der Waals surface area contributed by atoms with Crippen LogP contribution in [-0.2, 0) is 4.79 Å². The summed E-state index contributed by atoms with van der Waals surface area (Å²) in [6.07, 6.45) is 1.44. The van der Waals surface area contributed by atoms with Crippen LogP contribution in [0, 0.1) is 10.1 Å². The van der Waals surface area contributed by atoms with Crippen LogP contribution in [0.4, 0.5) is 11.4 Å². The van der Waals surface area contributed by atoms with E-state index in [1.165, 1.54) is 24.3 Å². The smallest absolute Gasteiger partial charge is 0.273 e. The first-order chi connectivity index (χ1) is 9.08. The number of nitro groups is 1. The van der Waals surface area contributed by atoms with Crippen molar-refractivity contribution >= 4 is 25.8 Å². The number of hydrogen-bond donors (Lipinski definition) is 0. The Bertz CT molecular complexity index is 572. The monoisotopic (exact) mass is 294 g/mol. The van der Waals surface area contributed by atoms with Crippen molar-refractivity contribution in [3.05, 3.63) is 28.3 Å². The molecule has 0 spiro atoms. The predicted molar refractivity (Wildman–Crippen MR) is 78.7 cm³/mol. The van der Waals surface area contributed by atoms with Gasteiger partial charge < -0.3 is 4.43 Å². The van der Waals surface area contributed by atoms with Crippen molar-refractivity contribution in [1.82, 2.24) is 0 Å². The van der Waals surface area contributed by atoms with E-state index in [9.17, 15) is 14.9 Å². The largest absolute Gasteiger partial charge is 0.542 e.